The van der Waals surface area contributed by atoms with Crippen molar-refractivity contribution in [1.29, 1.82) is 0 Å². The largest absolute Gasteiger partial charge is 0.334 e. The molecule has 4 aromatic rings. The number of halogens is 1. The molecule has 0 bridgehead atoms. The first-order chi connectivity index (χ1) is 15.5. The van der Waals surface area contributed by atoms with Crippen molar-refractivity contribution in [3.05, 3.63) is 117 Å². The molecule has 1 aromatic heterocycles. The number of anilines is 1. The minimum atomic E-state index is -1.30. The molecule has 1 aliphatic heterocycles. The molecule has 32 heavy (non-hydrogen) atoms. The maximum atomic E-state index is 12.3. The van der Waals surface area contributed by atoms with E-state index in [0.717, 1.165) is 16.8 Å². The van der Waals surface area contributed by atoms with Crippen LogP contribution in [-0.2, 0) is 0 Å². The Labute approximate surface area is 188 Å². The van der Waals surface area contributed by atoms with Gasteiger partial charge in [0.2, 0.25) is 0 Å². The number of hydrogen-bond donors (Lipinski definition) is 0. The minimum Gasteiger partial charge on any atom is -0.263 e. The summed E-state index contributed by atoms with van der Waals surface area (Å²) in [6.07, 6.45) is -1.30. The average molecular weight is 445 g/mol. The van der Waals surface area contributed by atoms with Crippen LogP contribution in [0.4, 0.5) is 5.95 Å². The zero-order valence-electron chi connectivity index (χ0n) is 17.0. The van der Waals surface area contributed by atoms with Crippen LogP contribution in [0.15, 0.2) is 84.0 Å². The maximum absolute atomic E-state index is 12.3. The molecule has 0 fully saturated rings. The van der Waals surface area contributed by atoms with Crippen LogP contribution in [0, 0.1) is 17.0 Å². The van der Waals surface area contributed by atoms with Crippen molar-refractivity contribution < 1.29 is 4.92 Å². The fourth-order valence-electron chi connectivity index (χ4n) is 3.82. The molecular formula is C23H17ClN6O2. The van der Waals surface area contributed by atoms with Gasteiger partial charge in [0.25, 0.3) is 5.95 Å². The fraction of sp³-hybridized carbons (Fsp3) is 0.0870. The van der Waals surface area contributed by atoms with E-state index in [-0.39, 0.29) is 10.9 Å². The van der Waals surface area contributed by atoms with Crippen molar-refractivity contribution in [2.24, 2.45) is 5.10 Å². The second kappa shape index (κ2) is 7.90. The summed E-state index contributed by atoms with van der Waals surface area (Å²) in [5.74, 6) is 0.865. The van der Waals surface area contributed by atoms with Gasteiger partial charge in [0.05, 0.1) is 10.6 Å². The first-order valence-corrected chi connectivity index (χ1v) is 10.3. The van der Waals surface area contributed by atoms with Gasteiger partial charge in [-0.15, -0.1) is 10.2 Å². The Balaban J connectivity index is 1.82. The fourth-order valence-corrected chi connectivity index (χ4v) is 3.95. The lowest BCUT2D eigenvalue weighted by atomic mass is 10.0. The molecular weight excluding hydrogens is 428 g/mol. The summed E-state index contributed by atoms with van der Waals surface area (Å²) in [6, 6.07) is 23.6. The Hall–Kier alpha value is -4.04. The summed E-state index contributed by atoms with van der Waals surface area (Å²) in [5, 5.41) is 27.5. The van der Waals surface area contributed by atoms with Gasteiger partial charge in [0, 0.05) is 21.7 Å². The number of nitrogens with zero attached hydrogens (tertiary/aromatic N) is 6. The number of fused-ring (bicyclic) bond motifs is 3. The van der Waals surface area contributed by atoms with Crippen molar-refractivity contribution in [2.75, 3.05) is 5.01 Å². The second-order valence-corrected chi connectivity index (χ2v) is 7.71. The van der Waals surface area contributed by atoms with Crippen molar-refractivity contribution in [1.82, 2.24) is 14.8 Å². The molecule has 1 unspecified atom stereocenters. The van der Waals surface area contributed by atoms with Crippen LogP contribution in [0.5, 0.6) is 0 Å². The summed E-state index contributed by atoms with van der Waals surface area (Å²) < 4.78 is 1.79. The molecule has 0 saturated carbocycles. The van der Waals surface area contributed by atoms with E-state index in [1.807, 2.05) is 49.4 Å². The van der Waals surface area contributed by atoms with Gasteiger partial charge in [0.15, 0.2) is 0 Å². The lowest BCUT2D eigenvalue weighted by Gasteiger charge is -2.21. The van der Waals surface area contributed by atoms with Gasteiger partial charge in [-0.2, -0.15) is 10.1 Å². The molecule has 5 rings (SSSR count). The molecule has 8 nitrogen and oxygen atoms in total. The number of hydrazone groups is 1. The van der Waals surface area contributed by atoms with Crippen molar-refractivity contribution in [2.45, 2.75) is 13.1 Å². The molecule has 1 aliphatic rings. The van der Waals surface area contributed by atoms with Crippen molar-refractivity contribution in [3.8, 4) is 5.69 Å². The Morgan fingerprint density at radius 2 is 1.62 bits per heavy atom. The van der Waals surface area contributed by atoms with E-state index in [1.54, 1.807) is 41.0 Å². The van der Waals surface area contributed by atoms with Crippen LogP contribution < -0.4 is 5.01 Å². The molecule has 2 heterocycles. The molecule has 0 aliphatic carbocycles. The van der Waals surface area contributed by atoms with Gasteiger partial charge in [-0.1, -0.05) is 72.3 Å². The number of aryl methyl sites for hydroxylation is 1. The quantitative estimate of drug-likeness (QED) is 0.334. The molecule has 0 saturated heterocycles. The van der Waals surface area contributed by atoms with Crippen LogP contribution in [0.3, 0.4) is 0 Å². The number of hydrogen-bond acceptors (Lipinski definition) is 6. The highest BCUT2D eigenvalue weighted by Gasteiger charge is 2.38. The van der Waals surface area contributed by atoms with E-state index in [1.165, 1.54) is 5.01 Å². The second-order valence-electron chi connectivity index (χ2n) is 7.27. The van der Waals surface area contributed by atoms with Crippen LogP contribution in [-0.4, -0.2) is 25.4 Å². The smallest absolute Gasteiger partial charge is 0.263 e. The summed E-state index contributed by atoms with van der Waals surface area (Å²) in [6.45, 7) is 1.81. The molecule has 3 aromatic carbocycles. The number of nitro groups is 1. The van der Waals surface area contributed by atoms with Gasteiger partial charge in [-0.25, -0.2) is 0 Å². The summed E-state index contributed by atoms with van der Waals surface area (Å²) >= 11 is 6.10. The van der Waals surface area contributed by atoms with Crippen LogP contribution in [0.1, 0.15) is 28.7 Å². The van der Waals surface area contributed by atoms with Crippen LogP contribution >= 0.6 is 11.6 Å². The third-order valence-corrected chi connectivity index (χ3v) is 5.52. The SMILES string of the molecule is Cc1nnc2n1-c1ccccc1C(c1ccc(Cl)cc1)=NN2C(c1ccccc1)[N+](=O)[O-]. The number of benzene rings is 3. The third-order valence-electron chi connectivity index (χ3n) is 5.27. The lowest BCUT2D eigenvalue weighted by Crippen LogP contribution is -2.32. The Morgan fingerprint density at radius 3 is 2.34 bits per heavy atom. The molecule has 9 heteroatoms. The lowest BCUT2D eigenvalue weighted by molar-refractivity contribution is -0.528. The van der Waals surface area contributed by atoms with E-state index < -0.39 is 6.17 Å². The first-order valence-electron chi connectivity index (χ1n) is 9.88. The average Bonchev–Trinajstić information content (AvgIpc) is 3.12. The standard InChI is InChI=1S/C23H17ClN6O2/c1-15-25-26-23-28(15)20-10-6-5-9-19(20)21(16-11-13-18(24)14-12-16)27-29(23)22(30(31)32)17-7-3-2-4-8-17/h2-14,22H,1H3. The van der Waals surface area contributed by atoms with E-state index >= 15 is 0 Å². The van der Waals surface area contributed by atoms with Crippen LogP contribution in [0.25, 0.3) is 5.69 Å². The molecule has 0 amide bonds. The predicted octanol–water partition coefficient (Wildman–Crippen LogP) is 4.78. The monoisotopic (exact) mass is 444 g/mol. The Kier molecular flexibility index (Phi) is 4.91. The van der Waals surface area contributed by atoms with E-state index in [4.69, 9.17) is 16.7 Å². The molecule has 0 radical (unpaired) electrons. The number of para-hydroxylation sites is 1. The number of rotatable bonds is 4. The predicted molar refractivity (Wildman–Crippen MR) is 122 cm³/mol. The van der Waals surface area contributed by atoms with Gasteiger partial charge in [-0.05, 0) is 25.1 Å². The normalized spacial score (nSPS) is 13.6. The molecule has 0 N–H and O–H groups in total. The van der Waals surface area contributed by atoms with Gasteiger partial charge >= 0.3 is 6.17 Å². The van der Waals surface area contributed by atoms with E-state index in [2.05, 4.69) is 10.2 Å². The first kappa shape index (κ1) is 19.9. The maximum Gasteiger partial charge on any atom is 0.334 e. The van der Waals surface area contributed by atoms with Gasteiger partial charge in [0.1, 0.15) is 11.5 Å². The summed E-state index contributed by atoms with van der Waals surface area (Å²) in [4.78, 5) is 11.9. The highest BCUT2D eigenvalue weighted by atomic mass is 35.5. The van der Waals surface area contributed by atoms with Crippen molar-refractivity contribution in [3.63, 3.8) is 0 Å². The Morgan fingerprint density at radius 1 is 0.938 bits per heavy atom. The zero-order valence-corrected chi connectivity index (χ0v) is 17.7. The van der Waals surface area contributed by atoms with E-state index in [0.29, 0.717) is 22.1 Å². The van der Waals surface area contributed by atoms with Crippen molar-refractivity contribution >= 4 is 23.3 Å². The highest BCUT2D eigenvalue weighted by Crippen LogP contribution is 2.35. The Bertz CT molecular complexity index is 1330. The van der Waals surface area contributed by atoms with Gasteiger partial charge < -0.3 is 0 Å². The minimum absolute atomic E-state index is 0.268. The third kappa shape index (κ3) is 3.30. The topological polar surface area (TPSA) is 89.5 Å². The van der Waals surface area contributed by atoms with Crippen LogP contribution in [0.2, 0.25) is 5.02 Å². The highest BCUT2D eigenvalue weighted by molar-refractivity contribution is 6.30. The summed E-state index contributed by atoms with van der Waals surface area (Å²) in [5.41, 5.74) is 3.42. The number of aromatic nitrogens is 3. The van der Waals surface area contributed by atoms with Gasteiger partial charge in [-0.3, -0.25) is 14.7 Å². The zero-order chi connectivity index (χ0) is 22.2. The van der Waals surface area contributed by atoms with E-state index in [9.17, 15) is 10.1 Å². The molecule has 0 spiro atoms. The summed E-state index contributed by atoms with van der Waals surface area (Å²) in [7, 11) is 0. The molecule has 1 atom stereocenters. The molecule has 158 valence electrons.